The van der Waals surface area contributed by atoms with Gasteiger partial charge in [0, 0.05) is 17.7 Å². The second-order valence-corrected chi connectivity index (χ2v) is 5.40. The van der Waals surface area contributed by atoms with E-state index in [0.29, 0.717) is 28.4 Å². The second-order valence-electron chi connectivity index (χ2n) is 5.40. The molecule has 1 N–H and O–H groups in total. The molecular weight excluding hydrogens is 328 g/mol. The van der Waals surface area contributed by atoms with Gasteiger partial charge in [-0.15, -0.1) is 0 Å². The van der Waals surface area contributed by atoms with Gasteiger partial charge in [0.05, 0.1) is 25.2 Å². The first-order valence-electron chi connectivity index (χ1n) is 7.43. The van der Waals surface area contributed by atoms with E-state index in [2.05, 4.69) is 0 Å². The lowest BCUT2D eigenvalue weighted by Gasteiger charge is -2.10. The molecule has 0 spiro atoms. The number of methoxy groups -OCH3 is 2. The smallest absolute Gasteiger partial charge is 0.231 e. The van der Waals surface area contributed by atoms with Gasteiger partial charge in [-0.3, -0.25) is 4.79 Å². The summed E-state index contributed by atoms with van der Waals surface area (Å²) in [4.78, 5) is 13.0. The molecule has 0 radical (unpaired) electrons. The van der Waals surface area contributed by atoms with Crippen LogP contribution in [-0.2, 0) is 0 Å². The lowest BCUT2D eigenvalue weighted by Crippen LogP contribution is -2.06. The molecule has 7 nitrogen and oxygen atoms in total. The molecule has 1 aromatic heterocycles. The summed E-state index contributed by atoms with van der Waals surface area (Å²) in [6, 6.07) is 6.13. The maximum atomic E-state index is 13.0. The molecule has 25 heavy (non-hydrogen) atoms. The van der Waals surface area contributed by atoms with Crippen LogP contribution in [0.1, 0.15) is 0 Å². The van der Waals surface area contributed by atoms with Gasteiger partial charge in [-0.25, -0.2) is 0 Å². The Morgan fingerprint density at radius 1 is 0.960 bits per heavy atom. The van der Waals surface area contributed by atoms with E-state index in [1.54, 1.807) is 12.1 Å². The fourth-order valence-electron chi connectivity index (χ4n) is 2.80. The summed E-state index contributed by atoms with van der Waals surface area (Å²) in [6.07, 6.45) is 1.33. The van der Waals surface area contributed by atoms with Gasteiger partial charge in [0.1, 0.15) is 17.6 Å². The van der Waals surface area contributed by atoms with E-state index >= 15 is 0 Å². The molecule has 0 fully saturated rings. The lowest BCUT2D eigenvalue weighted by atomic mass is 10.0. The zero-order chi connectivity index (χ0) is 17.6. The number of ether oxygens (including phenoxy) is 4. The van der Waals surface area contributed by atoms with E-state index in [1.165, 1.54) is 32.6 Å². The van der Waals surface area contributed by atoms with Gasteiger partial charge in [-0.1, -0.05) is 0 Å². The summed E-state index contributed by atoms with van der Waals surface area (Å²) in [5, 5.41) is 10.1. The van der Waals surface area contributed by atoms with E-state index in [4.69, 9.17) is 23.4 Å². The van der Waals surface area contributed by atoms with Gasteiger partial charge in [0.2, 0.25) is 12.2 Å². The highest BCUT2D eigenvalue weighted by Gasteiger charge is 2.21. The van der Waals surface area contributed by atoms with Crippen LogP contribution < -0.4 is 24.4 Å². The number of phenols is 1. The largest absolute Gasteiger partial charge is 0.504 e. The van der Waals surface area contributed by atoms with Crippen molar-refractivity contribution in [2.75, 3.05) is 21.0 Å². The van der Waals surface area contributed by atoms with Crippen LogP contribution in [0.4, 0.5) is 0 Å². The quantitative estimate of drug-likeness (QED) is 0.783. The zero-order valence-electron chi connectivity index (χ0n) is 13.5. The van der Waals surface area contributed by atoms with Crippen molar-refractivity contribution in [3.8, 4) is 39.9 Å². The number of aromatic hydroxyl groups is 1. The average Bonchev–Trinajstić information content (AvgIpc) is 3.08. The molecule has 1 aliphatic rings. The summed E-state index contributed by atoms with van der Waals surface area (Å²) in [6.45, 7) is 0.116. The normalized spacial score (nSPS) is 12.4. The Labute approximate surface area is 141 Å². The number of hydrogen-bond acceptors (Lipinski definition) is 7. The van der Waals surface area contributed by atoms with Crippen LogP contribution in [0.3, 0.4) is 0 Å². The fourth-order valence-corrected chi connectivity index (χ4v) is 2.80. The molecule has 0 atom stereocenters. The maximum Gasteiger partial charge on any atom is 0.231 e. The number of fused-ring (bicyclic) bond motifs is 2. The van der Waals surface area contributed by atoms with Gasteiger partial charge in [0.25, 0.3) is 0 Å². The van der Waals surface area contributed by atoms with Gasteiger partial charge in [-0.2, -0.15) is 0 Å². The SMILES string of the molecule is COc1cc2c(=O)c(-c3cc4c(cc3OC)OCO4)coc2cc1O. The van der Waals surface area contributed by atoms with Crippen LogP contribution in [0.25, 0.3) is 22.1 Å². The Kier molecular flexibility index (Phi) is 3.42. The highest BCUT2D eigenvalue weighted by Crippen LogP contribution is 2.42. The summed E-state index contributed by atoms with van der Waals surface area (Å²) in [7, 11) is 2.91. The molecule has 3 aromatic rings. The number of rotatable bonds is 3. The molecule has 128 valence electrons. The van der Waals surface area contributed by atoms with E-state index in [9.17, 15) is 9.90 Å². The Morgan fingerprint density at radius 3 is 2.40 bits per heavy atom. The topological polar surface area (TPSA) is 87.4 Å². The van der Waals surface area contributed by atoms with Crippen molar-refractivity contribution in [3.63, 3.8) is 0 Å². The Bertz CT molecular complexity index is 1040. The lowest BCUT2D eigenvalue weighted by molar-refractivity contribution is 0.174. The molecule has 0 bridgehead atoms. The van der Waals surface area contributed by atoms with E-state index in [0.717, 1.165) is 0 Å². The first-order chi connectivity index (χ1) is 12.1. The third-order valence-electron chi connectivity index (χ3n) is 4.06. The van der Waals surface area contributed by atoms with Crippen molar-refractivity contribution in [1.82, 2.24) is 0 Å². The Morgan fingerprint density at radius 2 is 1.68 bits per heavy atom. The average molecular weight is 342 g/mol. The molecular formula is C18H14O7. The van der Waals surface area contributed by atoms with Crippen molar-refractivity contribution >= 4 is 11.0 Å². The van der Waals surface area contributed by atoms with Crippen molar-refractivity contribution in [1.29, 1.82) is 0 Å². The number of phenolic OH excluding ortho intramolecular Hbond substituents is 1. The Hall–Kier alpha value is -3.35. The van der Waals surface area contributed by atoms with Crippen LogP contribution in [0.15, 0.2) is 39.7 Å². The molecule has 0 aliphatic carbocycles. The second kappa shape index (κ2) is 5.62. The summed E-state index contributed by atoms with van der Waals surface area (Å²) in [5.41, 5.74) is 0.799. The van der Waals surface area contributed by atoms with E-state index < -0.39 is 0 Å². The predicted molar refractivity (Wildman–Crippen MR) is 88.8 cm³/mol. The molecule has 0 amide bonds. The van der Waals surface area contributed by atoms with Crippen molar-refractivity contribution in [2.24, 2.45) is 0 Å². The minimum atomic E-state index is -0.281. The fraction of sp³-hybridized carbons (Fsp3) is 0.167. The van der Waals surface area contributed by atoms with Crippen LogP contribution >= 0.6 is 0 Å². The first-order valence-corrected chi connectivity index (χ1v) is 7.43. The van der Waals surface area contributed by atoms with Crippen LogP contribution in [-0.4, -0.2) is 26.1 Å². The molecule has 1 aliphatic heterocycles. The number of hydrogen-bond donors (Lipinski definition) is 1. The zero-order valence-corrected chi connectivity index (χ0v) is 13.5. The Balaban J connectivity index is 1.97. The minimum absolute atomic E-state index is 0.105. The maximum absolute atomic E-state index is 13.0. The van der Waals surface area contributed by atoms with E-state index in [1.807, 2.05) is 0 Å². The highest BCUT2D eigenvalue weighted by molar-refractivity contribution is 5.86. The van der Waals surface area contributed by atoms with Crippen molar-refractivity contribution in [2.45, 2.75) is 0 Å². The molecule has 7 heteroatoms. The summed E-state index contributed by atoms with van der Waals surface area (Å²) < 4.78 is 26.7. The number of benzene rings is 2. The third-order valence-corrected chi connectivity index (χ3v) is 4.06. The molecule has 4 rings (SSSR count). The van der Waals surface area contributed by atoms with Gasteiger partial charge < -0.3 is 28.5 Å². The summed E-state index contributed by atoms with van der Waals surface area (Å²) >= 11 is 0. The predicted octanol–water partition coefficient (Wildman–Crippen LogP) is 2.91. The minimum Gasteiger partial charge on any atom is -0.504 e. The third kappa shape index (κ3) is 2.32. The van der Waals surface area contributed by atoms with Crippen LogP contribution in [0.2, 0.25) is 0 Å². The molecule has 2 heterocycles. The molecule has 0 unspecified atom stereocenters. The van der Waals surface area contributed by atoms with E-state index in [-0.39, 0.29) is 34.7 Å². The van der Waals surface area contributed by atoms with Crippen LogP contribution in [0, 0.1) is 0 Å². The van der Waals surface area contributed by atoms with Gasteiger partial charge in [-0.05, 0) is 12.1 Å². The van der Waals surface area contributed by atoms with Crippen molar-refractivity contribution in [3.05, 3.63) is 40.8 Å². The first kappa shape index (κ1) is 15.2. The molecule has 0 saturated carbocycles. The molecule has 2 aromatic carbocycles. The van der Waals surface area contributed by atoms with Gasteiger partial charge >= 0.3 is 0 Å². The monoisotopic (exact) mass is 342 g/mol. The van der Waals surface area contributed by atoms with Crippen LogP contribution in [0.5, 0.6) is 28.7 Å². The van der Waals surface area contributed by atoms with Gasteiger partial charge in [0.15, 0.2) is 23.0 Å². The standard InChI is InChI=1S/C18H14O7/c1-21-13-6-17-16(24-8-25-17)3-9(13)11-7-23-14-5-12(19)15(22-2)4-10(14)18(11)20/h3-7,19H,8H2,1-2H3. The summed E-state index contributed by atoms with van der Waals surface area (Å²) in [5.74, 6) is 1.62. The van der Waals surface area contributed by atoms with Crippen molar-refractivity contribution < 1.29 is 28.5 Å². The highest BCUT2D eigenvalue weighted by atomic mass is 16.7. The molecule has 0 saturated heterocycles.